The average Bonchev–Trinajstić information content (AvgIpc) is 3.02. The maximum absolute atomic E-state index is 10.4. The molecule has 1 N–H and O–H groups in total. The minimum atomic E-state index is -0.455. The molecule has 5 heteroatoms. The first-order chi connectivity index (χ1) is 12.2. The molecule has 0 spiro atoms. The molecule has 2 unspecified atom stereocenters. The predicted molar refractivity (Wildman–Crippen MR) is 98.3 cm³/mol. The third kappa shape index (κ3) is 5.66. The van der Waals surface area contributed by atoms with Crippen LogP contribution in [0.15, 0.2) is 42.7 Å². The first kappa shape index (κ1) is 18.1. The van der Waals surface area contributed by atoms with Gasteiger partial charge in [0.15, 0.2) is 0 Å². The van der Waals surface area contributed by atoms with Crippen LogP contribution in [0.25, 0.3) is 0 Å². The van der Waals surface area contributed by atoms with Crippen molar-refractivity contribution in [3.8, 4) is 0 Å². The highest BCUT2D eigenvalue weighted by atomic mass is 16.5. The zero-order valence-corrected chi connectivity index (χ0v) is 15.1. The minimum Gasteiger partial charge on any atom is -0.389 e. The van der Waals surface area contributed by atoms with Gasteiger partial charge in [-0.25, -0.2) is 0 Å². The first-order valence-corrected chi connectivity index (χ1v) is 9.23. The fourth-order valence-electron chi connectivity index (χ4n) is 3.50. The SMILES string of the molecule is Cc1cnn(CC2CCCCN2CC(O)COCc2ccccc2)c1. The number of rotatable bonds is 8. The molecule has 2 atom stereocenters. The zero-order chi connectivity index (χ0) is 17.5. The molecule has 1 aromatic carbocycles. The summed E-state index contributed by atoms with van der Waals surface area (Å²) in [6.07, 6.45) is 7.15. The Balaban J connectivity index is 1.45. The third-order valence-electron chi connectivity index (χ3n) is 4.78. The van der Waals surface area contributed by atoms with Crippen LogP contribution in [0.2, 0.25) is 0 Å². The van der Waals surface area contributed by atoms with Gasteiger partial charge < -0.3 is 9.84 Å². The van der Waals surface area contributed by atoms with E-state index in [4.69, 9.17) is 4.74 Å². The molecule has 0 aliphatic carbocycles. The molecule has 0 amide bonds. The molecule has 2 heterocycles. The second kappa shape index (κ2) is 9.13. The van der Waals surface area contributed by atoms with Crippen LogP contribution in [-0.4, -0.2) is 51.6 Å². The number of hydrogen-bond acceptors (Lipinski definition) is 4. The van der Waals surface area contributed by atoms with Crippen molar-refractivity contribution in [2.75, 3.05) is 19.7 Å². The van der Waals surface area contributed by atoms with Gasteiger partial charge in [-0.15, -0.1) is 0 Å². The fraction of sp³-hybridized carbons (Fsp3) is 0.550. The molecule has 3 rings (SSSR count). The molecule has 1 aromatic heterocycles. The highest BCUT2D eigenvalue weighted by molar-refractivity contribution is 5.13. The van der Waals surface area contributed by atoms with Crippen molar-refractivity contribution < 1.29 is 9.84 Å². The number of ether oxygens (including phenoxy) is 1. The summed E-state index contributed by atoms with van der Waals surface area (Å²) < 4.78 is 7.71. The van der Waals surface area contributed by atoms with Crippen molar-refractivity contribution in [2.45, 2.75) is 51.5 Å². The number of aliphatic hydroxyl groups excluding tert-OH is 1. The summed E-state index contributed by atoms with van der Waals surface area (Å²) in [6, 6.07) is 10.5. The molecule has 136 valence electrons. The van der Waals surface area contributed by atoms with E-state index in [1.54, 1.807) is 0 Å². The standard InChI is InChI=1S/C20H29N3O2/c1-17-11-21-23(12-17)13-19-9-5-6-10-22(19)14-20(24)16-25-15-18-7-3-2-4-8-18/h2-4,7-8,11-12,19-20,24H,5-6,9-10,13-16H2,1H3. The Bertz CT molecular complexity index is 629. The van der Waals surface area contributed by atoms with Gasteiger partial charge in [0.1, 0.15) is 0 Å². The smallest absolute Gasteiger partial charge is 0.0900 e. The summed E-state index contributed by atoms with van der Waals surface area (Å²) >= 11 is 0. The number of aliphatic hydroxyl groups is 1. The molecule has 1 fully saturated rings. The molecule has 2 aromatic rings. The van der Waals surface area contributed by atoms with Crippen LogP contribution in [0.5, 0.6) is 0 Å². The van der Waals surface area contributed by atoms with Crippen molar-refractivity contribution in [3.63, 3.8) is 0 Å². The largest absolute Gasteiger partial charge is 0.389 e. The summed E-state index contributed by atoms with van der Waals surface area (Å²) in [6.45, 7) is 5.59. The molecule has 1 aliphatic rings. The highest BCUT2D eigenvalue weighted by Crippen LogP contribution is 2.19. The van der Waals surface area contributed by atoms with Gasteiger partial charge in [-0.1, -0.05) is 36.8 Å². The van der Waals surface area contributed by atoms with Crippen LogP contribution in [0.3, 0.4) is 0 Å². The van der Waals surface area contributed by atoms with E-state index in [2.05, 4.69) is 23.1 Å². The Labute approximate surface area is 150 Å². The Hall–Kier alpha value is -1.69. The number of aryl methyl sites for hydroxylation is 1. The van der Waals surface area contributed by atoms with Crippen molar-refractivity contribution in [2.24, 2.45) is 0 Å². The molecule has 0 saturated carbocycles. The van der Waals surface area contributed by atoms with Crippen LogP contribution in [0.1, 0.15) is 30.4 Å². The lowest BCUT2D eigenvalue weighted by atomic mass is 10.0. The average molecular weight is 343 g/mol. The second-order valence-electron chi connectivity index (χ2n) is 7.04. The number of nitrogens with zero attached hydrogens (tertiary/aromatic N) is 3. The number of hydrogen-bond donors (Lipinski definition) is 1. The monoisotopic (exact) mass is 343 g/mol. The Morgan fingerprint density at radius 2 is 2.12 bits per heavy atom. The predicted octanol–water partition coefficient (Wildman–Crippen LogP) is 2.62. The van der Waals surface area contributed by atoms with E-state index in [1.165, 1.54) is 18.4 Å². The van der Waals surface area contributed by atoms with Crippen LogP contribution in [0, 0.1) is 6.92 Å². The third-order valence-corrected chi connectivity index (χ3v) is 4.78. The summed E-state index contributed by atoms with van der Waals surface area (Å²) in [7, 11) is 0. The number of likely N-dealkylation sites (tertiary alicyclic amines) is 1. The highest BCUT2D eigenvalue weighted by Gasteiger charge is 2.25. The van der Waals surface area contributed by atoms with E-state index >= 15 is 0 Å². The van der Waals surface area contributed by atoms with Crippen LogP contribution in [-0.2, 0) is 17.9 Å². The molecule has 0 radical (unpaired) electrons. The Kier molecular flexibility index (Phi) is 6.62. The lowest BCUT2D eigenvalue weighted by molar-refractivity contribution is -0.00570. The first-order valence-electron chi connectivity index (χ1n) is 9.23. The number of piperidine rings is 1. The lowest BCUT2D eigenvalue weighted by Gasteiger charge is -2.36. The summed E-state index contributed by atoms with van der Waals surface area (Å²) in [5.41, 5.74) is 2.33. The quantitative estimate of drug-likeness (QED) is 0.800. The molecule has 5 nitrogen and oxygen atoms in total. The Morgan fingerprint density at radius 3 is 2.88 bits per heavy atom. The van der Waals surface area contributed by atoms with E-state index in [9.17, 15) is 5.11 Å². The van der Waals surface area contributed by atoms with Crippen LogP contribution >= 0.6 is 0 Å². The molecular weight excluding hydrogens is 314 g/mol. The van der Waals surface area contributed by atoms with Crippen molar-refractivity contribution in [1.29, 1.82) is 0 Å². The number of β-amino-alcohol motifs (C(OH)–C–C–N with tert-alkyl or cyclic N) is 1. The van der Waals surface area contributed by atoms with E-state index in [0.29, 0.717) is 25.8 Å². The van der Waals surface area contributed by atoms with Crippen molar-refractivity contribution in [3.05, 3.63) is 53.9 Å². The van der Waals surface area contributed by atoms with Crippen LogP contribution in [0.4, 0.5) is 0 Å². The zero-order valence-electron chi connectivity index (χ0n) is 15.1. The number of aromatic nitrogens is 2. The van der Waals surface area contributed by atoms with E-state index in [1.807, 2.05) is 41.2 Å². The second-order valence-corrected chi connectivity index (χ2v) is 7.04. The maximum atomic E-state index is 10.4. The van der Waals surface area contributed by atoms with Gasteiger partial charge in [-0.3, -0.25) is 9.58 Å². The topological polar surface area (TPSA) is 50.5 Å². The number of benzene rings is 1. The van der Waals surface area contributed by atoms with Gasteiger partial charge >= 0.3 is 0 Å². The van der Waals surface area contributed by atoms with Gasteiger partial charge in [0.2, 0.25) is 0 Å². The van der Waals surface area contributed by atoms with Gasteiger partial charge in [0.05, 0.1) is 32.1 Å². The molecule has 1 saturated heterocycles. The van der Waals surface area contributed by atoms with Gasteiger partial charge in [0, 0.05) is 18.8 Å². The fourth-order valence-corrected chi connectivity index (χ4v) is 3.50. The summed E-state index contributed by atoms with van der Waals surface area (Å²) in [5, 5.41) is 14.8. The Morgan fingerprint density at radius 1 is 1.28 bits per heavy atom. The van der Waals surface area contributed by atoms with Gasteiger partial charge in [-0.05, 0) is 37.4 Å². The van der Waals surface area contributed by atoms with Crippen LogP contribution < -0.4 is 0 Å². The van der Waals surface area contributed by atoms with Gasteiger partial charge in [0.25, 0.3) is 0 Å². The maximum Gasteiger partial charge on any atom is 0.0900 e. The summed E-state index contributed by atoms with van der Waals surface area (Å²) in [5.74, 6) is 0. The lowest BCUT2D eigenvalue weighted by Crippen LogP contribution is -2.46. The van der Waals surface area contributed by atoms with E-state index < -0.39 is 6.10 Å². The van der Waals surface area contributed by atoms with Gasteiger partial charge in [-0.2, -0.15) is 5.10 Å². The molecule has 25 heavy (non-hydrogen) atoms. The minimum absolute atomic E-state index is 0.374. The summed E-state index contributed by atoms with van der Waals surface area (Å²) in [4.78, 5) is 2.40. The van der Waals surface area contributed by atoms with E-state index in [-0.39, 0.29) is 0 Å². The normalized spacial score (nSPS) is 19.8. The molecule has 0 bridgehead atoms. The van der Waals surface area contributed by atoms with Crippen molar-refractivity contribution in [1.82, 2.24) is 14.7 Å². The van der Waals surface area contributed by atoms with Crippen molar-refractivity contribution >= 4 is 0 Å². The van der Waals surface area contributed by atoms with E-state index in [0.717, 1.165) is 25.1 Å². The molecular formula is C20H29N3O2. The molecule has 1 aliphatic heterocycles.